The van der Waals surface area contributed by atoms with E-state index >= 15 is 0 Å². The van der Waals surface area contributed by atoms with Crippen LogP contribution in [0.2, 0.25) is 0 Å². The van der Waals surface area contributed by atoms with E-state index in [1.807, 2.05) is 6.07 Å². The fourth-order valence-corrected chi connectivity index (χ4v) is 3.16. The number of pyridine rings is 2. The first-order valence-corrected chi connectivity index (χ1v) is 7.96. The molecule has 0 spiro atoms. The van der Waals surface area contributed by atoms with E-state index in [9.17, 15) is 0 Å². The SMILES string of the molecule is CCc1ccc2c(n1)oc1c(-c3cccc[n+]3C)c(C)ccc12. The smallest absolute Gasteiger partial charge is 0.227 e. The van der Waals surface area contributed by atoms with Crippen LogP contribution in [0.3, 0.4) is 0 Å². The molecule has 3 nitrogen and oxygen atoms in total. The summed E-state index contributed by atoms with van der Waals surface area (Å²) in [7, 11) is 2.06. The fourth-order valence-electron chi connectivity index (χ4n) is 3.16. The Morgan fingerprint density at radius 3 is 2.65 bits per heavy atom. The van der Waals surface area contributed by atoms with E-state index in [-0.39, 0.29) is 0 Å². The molecule has 0 saturated carbocycles. The highest BCUT2D eigenvalue weighted by molar-refractivity contribution is 6.08. The van der Waals surface area contributed by atoms with Gasteiger partial charge in [0.2, 0.25) is 11.4 Å². The molecule has 1 aromatic carbocycles. The number of furan rings is 1. The van der Waals surface area contributed by atoms with Crippen molar-refractivity contribution >= 4 is 22.1 Å². The minimum atomic E-state index is 0.727. The molecule has 0 saturated heterocycles. The number of aromatic nitrogens is 2. The summed E-state index contributed by atoms with van der Waals surface area (Å²) in [6, 6.07) is 14.7. The Hall–Kier alpha value is -2.68. The normalized spacial score (nSPS) is 11.4. The standard InChI is InChI=1S/C20H19N2O/c1-4-14-9-11-16-15-10-8-13(2)18(19(15)23-20(16)21-14)17-7-5-6-12-22(17)3/h5-12H,4H2,1-3H3/q+1. The van der Waals surface area contributed by atoms with Crippen molar-refractivity contribution in [2.24, 2.45) is 7.05 Å². The zero-order chi connectivity index (χ0) is 16.0. The average Bonchev–Trinajstić information content (AvgIpc) is 2.93. The number of nitrogens with zero attached hydrogens (tertiary/aromatic N) is 2. The predicted octanol–water partition coefficient (Wildman–Crippen LogP) is 4.34. The van der Waals surface area contributed by atoms with Crippen LogP contribution in [-0.2, 0) is 13.5 Å². The molecule has 3 heteroatoms. The molecule has 0 aliphatic heterocycles. The first-order valence-electron chi connectivity index (χ1n) is 7.96. The van der Waals surface area contributed by atoms with Crippen LogP contribution < -0.4 is 4.57 Å². The molecule has 0 amide bonds. The monoisotopic (exact) mass is 303 g/mol. The van der Waals surface area contributed by atoms with Gasteiger partial charge in [-0.25, -0.2) is 9.55 Å². The Morgan fingerprint density at radius 1 is 1.04 bits per heavy atom. The summed E-state index contributed by atoms with van der Waals surface area (Å²) in [6.45, 7) is 4.23. The lowest BCUT2D eigenvalue weighted by molar-refractivity contribution is -0.660. The van der Waals surface area contributed by atoms with Crippen LogP contribution in [0.1, 0.15) is 18.2 Å². The highest BCUT2D eigenvalue weighted by Crippen LogP contribution is 2.36. The third-order valence-electron chi connectivity index (χ3n) is 4.45. The molecule has 0 atom stereocenters. The van der Waals surface area contributed by atoms with Crippen molar-refractivity contribution in [1.29, 1.82) is 0 Å². The first kappa shape index (κ1) is 13.9. The summed E-state index contributed by atoms with van der Waals surface area (Å²) in [6.07, 6.45) is 2.97. The summed E-state index contributed by atoms with van der Waals surface area (Å²) in [5, 5.41) is 2.21. The lowest BCUT2D eigenvalue weighted by atomic mass is 10.0. The molecule has 3 heterocycles. The number of aryl methyl sites for hydroxylation is 3. The molecular weight excluding hydrogens is 284 g/mol. The molecule has 114 valence electrons. The number of hydrogen-bond acceptors (Lipinski definition) is 2. The highest BCUT2D eigenvalue weighted by Gasteiger charge is 2.20. The van der Waals surface area contributed by atoms with Gasteiger partial charge in [0.25, 0.3) is 0 Å². The van der Waals surface area contributed by atoms with Gasteiger partial charge in [-0.1, -0.05) is 19.1 Å². The van der Waals surface area contributed by atoms with Gasteiger partial charge in [-0.3, -0.25) is 0 Å². The van der Waals surface area contributed by atoms with E-state index < -0.39 is 0 Å². The largest absolute Gasteiger partial charge is 0.437 e. The van der Waals surface area contributed by atoms with Gasteiger partial charge in [0.05, 0.1) is 5.56 Å². The Bertz CT molecular complexity index is 1030. The summed E-state index contributed by atoms with van der Waals surface area (Å²) < 4.78 is 8.32. The van der Waals surface area contributed by atoms with Gasteiger partial charge in [0, 0.05) is 28.6 Å². The average molecular weight is 303 g/mol. The molecule has 4 rings (SSSR count). The summed E-state index contributed by atoms with van der Waals surface area (Å²) in [5.74, 6) is 0. The zero-order valence-corrected chi connectivity index (χ0v) is 13.6. The second-order valence-electron chi connectivity index (χ2n) is 5.94. The van der Waals surface area contributed by atoms with Gasteiger partial charge < -0.3 is 4.42 Å². The van der Waals surface area contributed by atoms with Crippen LogP contribution in [0.25, 0.3) is 33.3 Å². The van der Waals surface area contributed by atoms with Crippen molar-refractivity contribution in [3.05, 3.63) is 59.9 Å². The van der Waals surface area contributed by atoms with Gasteiger partial charge in [-0.2, -0.15) is 0 Å². The Morgan fingerprint density at radius 2 is 1.87 bits per heavy atom. The van der Waals surface area contributed by atoms with Crippen LogP contribution in [0.15, 0.2) is 53.1 Å². The van der Waals surface area contributed by atoms with E-state index in [1.165, 1.54) is 5.56 Å². The number of benzene rings is 1. The van der Waals surface area contributed by atoms with Gasteiger partial charge in [-0.05, 0) is 37.1 Å². The van der Waals surface area contributed by atoms with Gasteiger partial charge in [0.15, 0.2) is 11.8 Å². The van der Waals surface area contributed by atoms with E-state index in [1.54, 1.807) is 0 Å². The Kier molecular flexibility index (Phi) is 3.15. The van der Waals surface area contributed by atoms with Gasteiger partial charge in [0.1, 0.15) is 7.05 Å². The van der Waals surface area contributed by atoms with E-state index in [2.05, 4.69) is 73.0 Å². The molecule has 0 aliphatic rings. The van der Waals surface area contributed by atoms with Crippen LogP contribution in [-0.4, -0.2) is 4.98 Å². The minimum Gasteiger partial charge on any atom is -0.437 e. The number of fused-ring (bicyclic) bond motifs is 3. The van der Waals surface area contributed by atoms with E-state index in [0.717, 1.165) is 45.4 Å². The second kappa shape index (κ2) is 5.20. The minimum absolute atomic E-state index is 0.727. The molecule has 23 heavy (non-hydrogen) atoms. The summed E-state index contributed by atoms with van der Waals surface area (Å²) in [4.78, 5) is 4.64. The maximum absolute atomic E-state index is 6.19. The van der Waals surface area contributed by atoms with Crippen molar-refractivity contribution < 1.29 is 8.98 Å². The van der Waals surface area contributed by atoms with Crippen LogP contribution in [0.5, 0.6) is 0 Å². The van der Waals surface area contributed by atoms with Crippen LogP contribution in [0.4, 0.5) is 0 Å². The summed E-state index contributed by atoms with van der Waals surface area (Å²) in [5.41, 5.74) is 6.19. The maximum atomic E-state index is 6.19. The zero-order valence-electron chi connectivity index (χ0n) is 13.6. The third-order valence-corrected chi connectivity index (χ3v) is 4.45. The first-order chi connectivity index (χ1) is 11.2. The third kappa shape index (κ3) is 2.12. The van der Waals surface area contributed by atoms with Crippen molar-refractivity contribution in [3.8, 4) is 11.3 Å². The van der Waals surface area contributed by atoms with Gasteiger partial charge >= 0.3 is 0 Å². The maximum Gasteiger partial charge on any atom is 0.227 e. The molecule has 0 unspecified atom stereocenters. The number of rotatable bonds is 2. The Labute approximate surface area is 135 Å². The molecule has 0 radical (unpaired) electrons. The Balaban J connectivity index is 2.11. The van der Waals surface area contributed by atoms with Crippen molar-refractivity contribution in [3.63, 3.8) is 0 Å². The molecule has 0 aliphatic carbocycles. The molecular formula is C20H19N2O+. The molecule has 4 aromatic rings. The van der Waals surface area contributed by atoms with E-state index in [0.29, 0.717) is 0 Å². The topological polar surface area (TPSA) is 29.9 Å². The molecule has 0 bridgehead atoms. The highest BCUT2D eigenvalue weighted by atomic mass is 16.3. The van der Waals surface area contributed by atoms with Crippen molar-refractivity contribution in [2.45, 2.75) is 20.3 Å². The molecule has 3 aromatic heterocycles. The lowest BCUT2D eigenvalue weighted by Gasteiger charge is -2.04. The quantitative estimate of drug-likeness (QED) is 0.515. The van der Waals surface area contributed by atoms with E-state index in [4.69, 9.17) is 4.42 Å². The summed E-state index contributed by atoms with van der Waals surface area (Å²) >= 11 is 0. The van der Waals surface area contributed by atoms with Gasteiger partial charge in [-0.15, -0.1) is 0 Å². The van der Waals surface area contributed by atoms with Crippen molar-refractivity contribution in [2.75, 3.05) is 0 Å². The molecule has 0 N–H and O–H groups in total. The fraction of sp³-hybridized carbons (Fsp3) is 0.200. The van der Waals surface area contributed by atoms with Crippen LogP contribution in [0, 0.1) is 6.92 Å². The van der Waals surface area contributed by atoms with Crippen LogP contribution >= 0.6 is 0 Å². The van der Waals surface area contributed by atoms with Crippen molar-refractivity contribution in [1.82, 2.24) is 4.98 Å². The number of hydrogen-bond donors (Lipinski definition) is 0. The predicted molar refractivity (Wildman–Crippen MR) is 92.2 cm³/mol. The lowest BCUT2D eigenvalue weighted by Crippen LogP contribution is -2.30. The molecule has 0 fully saturated rings. The second-order valence-corrected chi connectivity index (χ2v) is 5.94.